The Labute approximate surface area is 110 Å². The van der Waals surface area contributed by atoms with E-state index >= 15 is 0 Å². The van der Waals surface area contributed by atoms with Crippen LogP contribution in [0.25, 0.3) is 10.9 Å². The number of aryl methyl sites for hydroxylation is 2. The lowest BCUT2D eigenvalue weighted by Crippen LogP contribution is -1.96. The molecule has 5 nitrogen and oxygen atoms in total. The topological polar surface area (TPSA) is 61.0 Å². The number of fused-ring (bicyclic) bond motifs is 1. The summed E-state index contributed by atoms with van der Waals surface area (Å²) in [6.45, 7) is 3.98. The minimum atomic E-state index is 0.262. The van der Waals surface area contributed by atoms with Gasteiger partial charge in [-0.3, -0.25) is 4.98 Å². The predicted molar refractivity (Wildman–Crippen MR) is 69.8 cm³/mol. The lowest BCUT2D eigenvalue weighted by Gasteiger charge is -2.05. The Hall–Kier alpha value is -2.43. The molecule has 0 atom stereocenters. The van der Waals surface area contributed by atoms with Crippen LogP contribution in [0.15, 0.2) is 34.7 Å². The molecule has 0 amide bonds. The number of hydrogen-bond acceptors (Lipinski definition) is 5. The average Bonchev–Trinajstić information content (AvgIpc) is 2.81. The second kappa shape index (κ2) is 4.68. The van der Waals surface area contributed by atoms with E-state index < -0.39 is 0 Å². The smallest absolute Gasteiger partial charge is 0.253 e. The molecule has 0 spiro atoms. The fourth-order valence-corrected chi connectivity index (χ4v) is 1.83. The Balaban J connectivity index is 1.81. The standard InChI is InChI=1S/C14H13N3O2/c1-9-3-4-11-5-6-12(7-13(11)15-9)18-8-14-17-16-10(2)19-14/h3-7H,8H2,1-2H3. The van der Waals surface area contributed by atoms with Crippen LogP contribution < -0.4 is 4.74 Å². The van der Waals surface area contributed by atoms with Crippen molar-refractivity contribution >= 4 is 10.9 Å². The molecular weight excluding hydrogens is 242 g/mol. The van der Waals surface area contributed by atoms with Crippen molar-refractivity contribution in [1.29, 1.82) is 0 Å². The first-order valence-electron chi connectivity index (χ1n) is 6.00. The van der Waals surface area contributed by atoms with E-state index in [1.165, 1.54) is 0 Å². The van der Waals surface area contributed by atoms with Gasteiger partial charge in [0.05, 0.1) is 5.52 Å². The van der Waals surface area contributed by atoms with Crippen LogP contribution in [0.4, 0.5) is 0 Å². The van der Waals surface area contributed by atoms with E-state index in [9.17, 15) is 0 Å². The van der Waals surface area contributed by atoms with Gasteiger partial charge in [-0.15, -0.1) is 10.2 Å². The molecule has 0 N–H and O–H groups in total. The van der Waals surface area contributed by atoms with Gasteiger partial charge >= 0.3 is 0 Å². The van der Waals surface area contributed by atoms with E-state index in [1.807, 2.05) is 37.3 Å². The van der Waals surface area contributed by atoms with E-state index in [2.05, 4.69) is 15.2 Å². The molecular formula is C14H13N3O2. The van der Waals surface area contributed by atoms with Gasteiger partial charge in [0.25, 0.3) is 5.89 Å². The number of ether oxygens (including phenoxy) is 1. The largest absolute Gasteiger partial charge is 0.484 e. The molecule has 2 heterocycles. The van der Waals surface area contributed by atoms with Crippen LogP contribution in [0.2, 0.25) is 0 Å². The molecule has 19 heavy (non-hydrogen) atoms. The van der Waals surface area contributed by atoms with Crippen molar-refractivity contribution in [1.82, 2.24) is 15.2 Å². The summed E-state index contributed by atoms with van der Waals surface area (Å²) < 4.78 is 10.9. The van der Waals surface area contributed by atoms with Crippen LogP contribution in [-0.2, 0) is 6.61 Å². The summed E-state index contributed by atoms with van der Waals surface area (Å²) in [6, 6.07) is 9.83. The maximum Gasteiger partial charge on any atom is 0.253 e. The molecule has 0 aliphatic rings. The molecule has 0 saturated carbocycles. The van der Waals surface area contributed by atoms with Crippen molar-refractivity contribution in [3.8, 4) is 5.75 Å². The van der Waals surface area contributed by atoms with Crippen LogP contribution >= 0.6 is 0 Å². The van der Waals surface area contributed by atoms with Gasteiger partial charge in [-0.2, -0.15) is 0 Å². The van der Waals surface area contributed by atoms with Gasteiger partial charge in [0.1, 0.15) is 5.75 Å². The molecule has 5 heteroatoms. The van der Waals surface area contributed by atoms with E-state index in [0.717, 1.165) is 22.3 Å². The normalized spacial score (nSPS) is 10.8. The number of hydrogen-bond donors (Lipinski definition) is 0. The van der Waals surface area contributed by atoms with E-state index in [4.69, 9.17) is 9.15 Å². The Kier molecular flexibility index (Phi) is 2.87. The predicted octanol–water partition coefficient (Wildman–Crippen LogP) is 2.81. The second-order valence-corrected chi connectivity index (χ2v) is 4.31. The van der Waals surface area contributed by atoms with Crippen molar-refractivity contribution in [2.24, 2.45) is 0 Å². The summed E-state index contributed by atoms with van der Waals surface area (Å²) in [7, 11) is 0. The quantitative estimate of drug-likeness (QED) is 0.720. The summed E-state index contributed by atoms with van der Waals surface area (Å²) >= 11 is 0. The van der Waals surface area contributed by atoms with Crippen LogP contribution in [0.5, 0.6) is 5.75 Å². The van der Waals surface area contributed by atoms with Gasteiger partial charge in [0.2, 0.25) is 5.89 Å². The molecule has 0 radical (unpaired) electrons. The summed E-state index contributed by atoms with van der Waals surface area (Å²) in [6.07, 6.45) is 0. The highest BCUT2D eigenvalue weighted by molar-refractivity contribution is 5.80. The molecule has 0 aliphatic carbocycles. The highest BCUT2D eigenvalue weighted by Gasteiger charge is 2.04. The zero-order chi connectivity index (χ0) is 13.2. The van der Waals surface area contributed by atoms with Gasteiger partial charge in [-0.05, 0) is 25.1 Å². The number of nitrogens with zero attached hydrogens (tertiary/aromatic N) is 3. The molecule has 1 aromatic carbocycles. The fourth-order valence-electron chi connectivity index (χ4n) is 1.83. The SMILES string of the molecule is Cc1ccc2ccc(OCc3nnc(C)o3)cc2n1. The van der Waals surface area contributed by atoms with Gasteiger partial charge in [0.15, 0.2) is 6.61 Å². The third-order valence-corrected chi connectivity index (χ3v) is 2.73. The monoisotopic (exact) mass is 255 g/mol. The molecule has 0 unspecified atom stereocenters. The zero-order valence-electron chi connectivity index (χ0n) is 10.8. The zero-order valence-corrected chi connectivity index (χ0v) is 10.8. The highest BCUT2D eigenvalue weighted by Crippen LogP contribution is 2.20. The summed E-state index contributed by atoms with van der Waals surface area (Å²) in [5.74, 6) is 1.74. The van der Waals surface area contributed by atoms with Gasteiger partial charge in [-0.25, -0.2) is 0 Å². The van der Waals surface area contributed by atoms with Crippen molar-refractivity contribution in [2.75, 3.05) is 0 Å². The maximum absolute atomic E-state index is 5.62. The number of benzene rings is 1. The van der Waals surface area contributed by atoms with E-state index in [0.29, 0.717) is 11.8 Å². The first kappa shape index (κ1) is 11.6. The Morgan fingerprint density at radius 2 is 1.95 bits per heavy atom. The summed E-state index contributed by atoms with van der Waals surface area (Å²) in [5, 5.41) is 8.72. The van der Waals surface area contributed by atoms with Crippen LogP contribution in [-0.4, -0.2) is 15.2 Å². The van der Waals surface area contributed by atoms with E-state index in [1.54, 1.807) is 6.92 Å². The van der Waals surface area contributed by atoms with Crippen LogP contribution in [0, 0.1) is 13.8 Å². The van der Waals surface area contributed by atoms with Crippen LogP contribution in [0.1, 0.15) is 17.5 Å². The first-order chi connectivity index (χ1) is 9.20. The minimum Gasteiger partial charge on any atom is -0.484 e. The summed E-state index contributed by atoms with van der Waals surface area (Å²) in [4.78, 5) is 4.46. The Morgan fingerprint density at radius 3 is 2.74 bits per heavy atom. The van der Waals surface area contributed by atoms with Gasteiger partial charge in [0, 0.05) is 24.1 Å². The van der Waals surface area contributed by atoms with E-state index in [-0.39, 0.29) is 6.61 Å². The molecule has 3 rings (SSSR count). The highest BCUT2D eigenvalue weighted by atomic mass is 16.5. The second-order valence-electron chi connectivity index (χ2n) is 4.31. The molecule has 96 valence electrons. The Morgan fingerprint density at radius 1 is 1.11 bits per heavy atom. The lowest BCUT2D eigenvalue weighted by atomic mass is 10.2. The van der Waals surface area contributed by atoms with Crippen molar-refractivity contribution in [2.45, 2.75) is 20.5 Å². The fraction of sp³-hybridized carbons (Fsp3) is 0.214. The number of pyridine rings is 1. The first-order valence-corrected chi connectivity index (χ1v) is 6.00. The molecule has 0 fully saturated rings. The molecule has 0 bridgehead atoms. The minimum absolute atomic E-state index is 0.262. The molecule has 3 aromatic rings. The van der Waals surface area contributed by atoms with Crippen LogP contribution in [0.3, 0.4) is 0 Å². The van der Waals surface area contributed by atoms with Gasteiger partial charge < -0.3 is 9.15 Å². The molecule has 0 aliphatic heterocycles. The molecule has 2 aromatic heterocycles. The Bertz CT molecular complexity index is 722. The third-order valence-electron chi connectivity index (χ3n) is 2.73. The van der Waals surface area contributed by atoms with Crippen molar-refractivity contribution < 1.29 is 9.15 Å². The molecule has 0 saturated heterocycles. The average molecular weight is 255 g/mol. The number of rotatable bonds is 3. The lowest BCUT2D eigenvalue weighted by molar-refractivity contribution is 0.260. The maximum atomic E-state index is 5.62. The summed E-state index contributed by atoms with van der Waals surface area (Å²) in [5.41, 5.74) is 1.90. The third kappa shape index (κ3) is 2.54. The van der Waals surface area contributed by atoms with Gasteiger partial charge in [-0.1, -0.05) is 6.07 Å². The van der Waals surface area contributed by atoms with Crippen molar-refractivity contribution in [3.05, 3.63) is 47.8 Å². The van der Waals surface area contributed by atoms with Crippen molar-refractivity contribution in [3.63, 3.8) is 0 Å². The number of aromatic nitrogens is 3.